The summed E-state index contributed by atoms with van der Waals surface area (Å²) >= 11 is 0. The van der Waals surface area contributed by atoms with Gasteiger partial charge in [0.15, 0.2) is 11.6 Å². The highest BCUT2D eigenvalue weighted by Crippen LogP contribution is 2.59. The molecule has 0 aliphatic heterocycles. The van der Waals surface area contributed by atoms with Gasteiger partial charge in [-0.25, -0.2) is 0 Å². The molecule has 0 aromatic carbocycles. The van der Waals surface area contributed by atoms with Gasteiger partial charge in [0.2, 0.25) is 0 Å². The Morgan fingerprint density at radius 3 is 2.55 bits per heavy atom. The molecule has 1 aromatic heterocycles. The van der Waals surface area contributed by atoms with Gasteiger partial charge in [-0.2, -0.15) is 4.80 Å². The zero-order valence-electron chi connectivity index (χ0n) is 18.0. The molecule has 0 bridgehead atoms. The third-order valence-electron chi connectivity index (χ3n) is 9.06. The van der Waals surface area contributed by atoms with Gasteiger partial charge in [-0.05, 0) is 112 Å². The minimum absolute atomic E-state index is 0.186. The molecule has 8 atom stereocenters. The van der Waals surface area contributed by atoms with E-state index in [1.54, 1.807) is 0 Å². The molecule has 4 saturated carbocycles. The van der Waals surface area contributed by atoms with E-state index in [0.717, 1.165) is 48.9 Å². The van der Waals surface area contributed by atoms with Gasteiger partial charge in [0.05, 0.1) is 5.60 Å². The Hall–Kier alpha value is -1.30. The molecule has 6 nitrogen and oxygen atoms in total. The van der Waals surface area contributed by atoms with Crippen LogP contribution in [0.4, 0.5) is 0 Å². The van der Waals surface area contributed by atoms with Gasteiger partial charge >= 0.3 is 0 Å². The Morgan fingerprint density at radius 2 is 1.76 bits per heavy atom. The van der Waals surface area contributed by atoms with Crippen LogP contribution in [0.1, 0.15) is 77.0 Å². The van der Waals surface area contributed by atoms with Crippen LogP contribution in [0.15, 0.2) is 0 Å². The second-order valence-corrected chi connectivity index (χ2v) is 10.8. The molecule has 0 amide bonds. The number of aliphatic hydroxyl groups is 1. The quantitative estimate of drug-likeness (QED) is 0.839. The lowest BCUT2D eigenvalue weighted by atomic mass is 9.49. The molecule has 0 unspecified atom stereocenters. The van der Waals surface area contributed by atoms with Crippen molar-refractivity contribution in [1.82, 2.24) is 20.2 Å². The van der Waals surface area contributed by atoms with Gasteiger partial charge in [0.25, 0.3) is 0 Å². The van der Waals surface area contributed by atoms with Gasteiger partial charge < -0.3 is 5.11 Å². The monoisotopic (exact) mass is 400 g/mol. The number of aryl methyl sites for hydroxylation is 1. The Labute approximate surface area is 173 Å². The summed E-state index contributed by atoms with van der Waals surface area (Å²) in [5.41, 5.74) is -0.443. The number of ketones is 1. The summed E-state index contributed by atoms with van der Waals surface area (Å²) in [5.74, 6) is 5.59. The fraction of sp³-hybridized carbons (Fsp3) is 0.913. The molecular weight excluding hydrogens is 364 g/mol. The first-order valence-corrected chi connectivity index (χ1v) is 11.9. The Morgan fingerprint density at radius 1 is 1.03 bits per heavy atom. The van der Waals surface area contributed by atoms with Crippen LogP contribution in [0.25, 0.3) is 0 Å². The van der Waals surface area contributed by atoms with Crippen molar-refractivity contribution >= 4 is 5.78 Å². The predicted molar refractivity (Wildman–Crippen MR) is 109 cm³/mol. The van der Waals surface area contributed by atoms with Crippen LogP contribution in [0.3, 0.4) is 0 Å². The molecule has 0 spiro atoms. The molecule has 4 fully saturated rings. The number of carbonyl (C=O) groups is 1. The summed E-state index contributed by atoms with van der Waals surface area (Å²) in [7, 11) is 0. The normalized spacial score (nSPS) is 44.4. The van der Waals surface area contributed by atoms with E-state index < -0.39 is 5.60 Å². The van der Waals surface area contributed by atoms with Gasteiger partial charge in [-0.3, -0.25) is 4.79 Å². The van der Waals surface area contributed by atoms with Crippen molar-refractivity contribution in [2.45, 2.75) is 90.2 Å². The summed E-state index contributed by atoms with van der Waals surface area (Å²) in [5, 5.41) is 22.7. The first-order valence-electron chi connectivity index (χ1n) is 11.9. The highest BCUT2D eigenvalue weighted by Gasteiger charge is 2.52. The maximum atomic E-state index is 13.1. The molecule has 5 rings (SSSR count). The smallest absolute Gasteiger partial charge is 0.171 e. The van der Waals surface area contributed by atoms with Crippen molar-refractivity contribution < 1.29 is 9.90 Å². The number of fused-ring (bicyclic) bond motifs is 5. The molecule has 160 valence electrons. The van der Waals surface area contributed by atoms with Crippen molar-refractivity contribution in [3.05, 3.63) is 5.82 Å². The third-order valence-corrected chi connectivity index (χ3v) is 9.06. The van der Waals surface area contributed by atoms with Crippen LogP contribution >= 0.6 is 0 Å². The highest BCUT2D eigenvalue weighted by molar-refractivity contribution is 5.81. The SMILES string of the molecule is Cc1nnn(CC(=O)[C@H]2CCC[C@H]3[C@@H]4CC[C@H]5C[C@](C)(O)CC[C@@H]5[C@H]4CC[C@@H]32)n1. The lowest BCUT2D eigenvalue weighted by Crippen LogP contribution is -2.51. The summed E-state index contributed by atoms with van der Waals surface area (Å²) in [6.07, 6.45) is 11.8. The number of carbonyl (C=O) groups excluding carboxylic acids is 1. The average Bonchev–Trinajstić information content (AvgIpc) is 3.10. The van der Waals surface area contributed by atoms with E-state index in [9.17, 15) is 9.90 Å². The number of Topliss-reactive ketones (excluding diaryl/α,β-unsaturated/α-hetero) is 1. The topological polar surface area (TPSA) is 80.9 Å². The number of nitrogens with zero attached hydrogens (tertiary/aromatic N) is 4. The predicted octanol–water partition coefficient (Wildman–Crippen LogP) is 3.57. The minimum atomic E-state index is -0.443. The van der Waals surface area contributed by atoms with E-state index in [4.69, 9.17) is 0 Å². The van der Waals surface area contributed by atoms with Gasteiger partial charge in [0, 0.05) is 5.92 Å². The summed E-state index contributed by atoms with van der Waals surface area (Å²) in [6.45, 7) is 4.13. The fourth-order valence-corrected chi connectivity index (χ4v) is 7.99. The zero-order valence-corrected chi connectivity index (χ0v) is 18.0. The lowest BCUT2D eigenvalue weighted by molar-refractivity contribution is -0.134. The van der Waals surface area contributed by atoms with Crippen molar-refractivity contribution in [1.29, 1.82) is 0 Å². The van der Waals surface area contributed by atoms with E-state index >= 15 is 0 Å². The first kappa shape index (κ1) is 19.7. The van der Waals surface area contributed by atoms with Crippen LogP contribution in [-0.4, -0.2) is 36.7 Å². The molecule has 1 N–H and O–H groups in total. The second-order valence-electron chi connectivity index (χ2n) is 10.8. The summed E-state index contributed by atoms with van der Waals surface area (Å²) in [6, 6.07) is 0. The van der Waals surface area contributed by atoms with Crippen LogP contribution in [0.2, 0.25) is 0 Å². The Bertz CT molecular complexity index is 760. The lowest BCUT2D eigenvalue weighted by Gasteiger charge is -2.56. The number of hydrogen-bond donors (Lipinski definition) is 1. The van der Waals surface area contributed by atoms with E-state index in [0.29, 0.717) is 17.5 Å². The third kappa shape index (κ3) is 3.66. The highest BCUT2D eigenvalue weighted by atomic mass is 16.3. The van der Waals surface area contributed by atoms with E-state index in [1.165, 1.54) is 49.7 Å². The van der Waals surface area contributed by atoms with Gasteiger partial charge in [-0.15, -0.1) is 10.2 Å². The van der Waals surface area contributed by atoms with Crippen LogP contribution in [0, 0.1) is 48.3 Å². The average molecular weight is 401 g/mol. The van der Waals surface area contributed by atoms with E-state index in [2.05, 4.69) is 15.4 Å². The molecule has 4 aliphatic rings. The number of hydrogen-bond acceptors (Lipinski definition) is 5. The zero-order chi connectivity index (χ0) is 20.2. The first-order chi connectivity index (χ1) is 13.9. The number of tetrazole rings is 1. The van der Waals surface area contributed by atoms with Crippen LogP contribution in [-0.2, 0) is 11.3 Å². The molecule has 6 heteroatoms. The van der Waals surface area contributed by atoms with E-state index in [1.807, 2.05) is 13.8 Å². The number of rotatable bonds is 3. The van der Waals surface area contributed by atoms with Crippen molar-refractivity contribution in [3.8, 4) is 0 Å². The Balaban J connectivity index is 1.29. The molecular formula is C23H36N4O2. The van der Waals surface area contributed by atoms with Crippen molar-refractivity contribution in [3.63, 3.8) is 0 Å². The summed E-state index contributed by atoms with van der Waals surface area (Å²) in [4.78, 5) is 14.6. The van der Waals surface area contributed by atoms with Gasteiger partial charge in [-0.1, -0.05) is 6.42 Å². The molecule has 1 heterocycles. The van der Waals surface area contributed by atoms with Gasteiger partial charge in [0.1, 0.15) is 6.54 Å². The maximum Gasteiger partial charge on any atom is 0.171 e. The van der Waals surface area contributed by atoms with Crippen molar-refractivity contribution in [2.75, 3.05) is 0 Å². The Kier molecular flexibility index (Phi) is 5.04. The van der Waals surface area contributed by atoms with Crippen LogP contribution in [0.5, 0.6) is 0 Å². The largest absolute Gasteiger partial charge is 0.390 e. The molecule has 4 aliphatic carbocycles. The van der Waals surface area contributed by atoms with Crippen molar-refractivity contribution in [2.24, 2.45) is 41.4 Å². The molecule has 29 heavy (non-hydrogen) atoms. The standard InChI is InChI=1S/C23H36N4O2/c1-14-24-26-27(25-14)13-22(28)21-5-3-4-17-19-7-6-15-12-23(2,29)11-10-16(15)18(19)8-9-20(17)21/h15-21,29H,3-13H2,1-2H3/t15-,16-,17-,18+,19-,20-,21-,23+/m0/s1. The van der Waals surface area contributed by atoms with Crippen LogP contribution < -0.4 is 0 Å². The maximum absolute atomic E-state index is 13.1. The second kappa shape index (κ2) is 7.44. The molecule has 0 saturated heterocycles. The molecule has 1 aromatic rings. The molecule has 0 radical (unpaired) electrons. The van der Waals surface area contributed by atoms with E-state index in [-0.39, 0.29) is 12.5 Å². The fourth-order valence-electron chi connectivity index (χ4n) is 7.99. The minimum Gasteiger partial charge on any atom is -0.390 e. The summed E-state index contributed by atoms with van der Waals surface area (Å²) < 4.78 is 0. The number of aromatic nitrogens is 4.